The molecule has 2 rings (SSSR count). The zero-order valence-corrected chi connectivity index (χ0v) is 9.90. The van der Waals surface area contributed by atoms with Gasteiger partial charge in [0.25, 0.3) is 6.01 Å². The summed E-state index contributed by atoms with van der Waals surface area (Å²) in [5.74, 6) is 0. The quantitative estimate of drug-likeness (QED) is 0.828. The molecular formula is C11H19N3O2. The van der Waals surface area contributed by atoms with Crippen LogP contribution in [0, 0.1) is 0 Å². The molecule has 0 unspecified atom stereocenters. The Morgan fingerprint density at radius 1 is 1.50 bits per heavy atom. The van der Waals surface area contributed by atoms with Gasteiger partial charge in [-0.2, -0.15) is 4.98 Å². The Bertz CT molecular complexity index is 321. The van der Waals surface area contributed by atoms with Crippen molar-refractivity contribution in [2.45, 2.75) is 25.4 Å². The van der Waals surface area contributed by atoms with Crippen LogP contribution in [0.3, 0.4) is 0 Å². The van der Waals surface area contributed by atoms with Crippen molar-refractivity contribution in [3.05, 3.63) is 12.0 Å². The minimum Gasteiger partial charge on any atom is -0.432 e. The molecule has 1 aromatic rings. The molecule has 1 aliphatic rings. The summed E-state index contributed by atoms with van der Waals surface area (Å²) in [6.07, 6.45) is 3.79. The second-order valence-electron chi connectivity index (χ2n) is 4.11. The molecule has 90 valence electrons. The van der Waals surface area contributed by atoms with Crippen molar-refractivity contribution in [2.75, 3.05) is 32.2 Å². The maximum atomic E-state index is 5.47. The summed E-state index contributed by atoms with van der Waals surface area (Å²) in [6.45, 7) is 2.41. The first kappa shape index (κ1) is 11.4. The van der Waals surface area contributed by atoms with Crippen LogP contribution in [-0.4, -0.2) is 38.3 Å². The third-order valence-corrected chi connectivity index (χ3v) is 2.94. The lowest BCUT2D eigenvalue weighted by Crippen LogP contribution is -2.36. The highest BCUT2D eigenvalue weighted by molar-refractivity contribution is 5.27. The molecule has 16 heavy (non-hydrogen) atoms. The molecule has 0 atom stereocenters. The molecule has 0 aromatic carbocycles. The lowest BCUT2D eigenvalue weighted by atomic mass is 10.1. The van der Waals surface area contributed by atoms with Gasteiger partial charge in [-0.1, -0.05) is 0 Å². The monoisotopic (exact) mass is 225 g/mol. The van der Waals surface area contributed by atoms with Gasteiger partial charge in [-0.05, 0) is 19.9 Å². The Balaban J connectivity index is 1.98. The van der Waals surface area contributed by atoms with Crippen LogP contribution >= 0.6 is 0 Å². The van der Waals surface area contributed by atoms with Crippen molar-refractivity contribution in [3.8, 4) is 0 Å². The van der Waals surface area contributed by atoms with Crippen LogP contribution in [-0.2, 0) is 11.3 Å². The van der Waals surface area contributed by atoms with Gasteiger partial charge in [0.1, 0.15) is 6.26 Å². The van der Waals surface area contributed by atoms with Gasteiger partial charge in [0.2, 0.25) is 0 Å². The molecule has 0 saturated carbocycles. The van der Waals surface area contributed by atoms with E-state index in [1.165, 1.54) is 0 Å². The van der Waals surface area contributed by atoms with Crippen LogP contribution in [0.25, 0.3) is 0 Å². The molecule has 1 N–H and O–H groups in total. The van der Waals surface area contributed by atoms with Gasteiger partial charge in [-0.25, -0.2) is 0 Å². The predicted octanol–water partition coefficient (Wildman–Crippen LogP) is 1.01. The average molecular weight is 225 g/mol. The molecule has 0 bridgehead atoms. The average Bonchev–Trinajstić information content (AvgIpc) is 2.78. The fraction of sp³-hybridized carbons (Fsp3) is 0.727. The number of nitrogens with one attached hydrogen (secondary N) is 1. The van der Waals surface area contributed by atoms with E-state index in [4.69, 9.17) is 9.15 Å². The maximum Gasteiger partial charge on any atom is 0.297 e. The van der Waals surface area contributed by atoms with Crippen molar-refractivity contribution in [1.29, 1.82) is 0 Å². The van der Waals surface area contributed by atoms with Crippen molar-refractivity contribution in [3.63, 3.8) is 0 Å². The maximum absolute atomic E-state index is 5.47. The van der Waals surface area contributed by atoms with Crippen LogP contribution in [0.5, 0.6) is 0 Å². The fourth-order valence-electron chi connectivity index (χ4n) is 1.95. The van der Waals surface area contributed by atoms with Gasteiger partial charge in [0.05, 0.1) is 5.69 Å². The molecule has 5 heteroatoms. The van der Waals surface area contributed by atoms with Crippen LogP contribution in [0.4, 0.5) is 6.01 Å². The lowest BCUT2D eigenvalue weighted by Gasteiger charge is -2.29. The van der Waals surface area contributed by atoms with Crippen LogP contribution < -0.4 is 10.2 Å². The van der Waals surface area contributed by atoms with Gasteiger partial charge in [0, 0.05) is 32.8 Å². The Hall–Kier alpha value is -1.07. The second kappa shape index (κ2) is 5.32. The highest BCUT2D eigenvalue weighted by atomic mass is 16.5. The molecule has 0 spiro atoms. The molecule has 0 radical (unpaired) electrons. The molecule has 1 aromatic heterocycles. The van der Waals surface area contributed by atoms with E-state index >= 15 is 0 Å². The number of anilines is 1. The Kier molecular flexibility index (Phi) is 3.79. The number of oxazole rings is 1. The van der Waals surface area contributed by atoms with E-state index < -0.39 is 0 Å². The normalized spacial score (nSPS) is 17.6. The molecule has 0 amide bonds. The van der Waals surface area contributed by atoms with E-state index in [9.17, 15) is 0 Å². The zero-order valence-electron chi connectivity index (χ0n) is 9.90. The third-order valence-electron chi connectivity index (χ3n) is 2.94. The second-order valence-corrected chi connectivity index (χ2v) is 4.11. The van der Waals surface area contributed by atoms with Crippen molar-refractivity contribution in [1.82, 2.24) is 10.3 Å². The van der Waals surface area contributed by atoms with E-state index in [1.54, 1.807) is 6.26 Å². The summed E-state index contributed by atoms with van der Waals surface area (Å²) in [4.78, 5) is 6.54. The van der Waals surface area contributed by atoms with E-state index in [1.807, 2.05) is 14.1 Å². The van der Waals surface area contributed by atoms with Crippen molar-refractivity contribution < 1.29 is 9.15 Å². The first-order valence-electron chi connectivity index (χ1n) is 5.71. The van der Waals surface area contributed by atoms with E-state index in [0.717, 1.165) is 38.3 Å². The van der Waals surface area contributed by atoms with Crippen LogP contribution in [0.2, 0.25) is 0 Å². The van der Waals surface area contributed by atoms with Crippen molar-refractivity contribution in [2.24, 2.45) is 0 Å². The SMILES string of the molecule is CNCc1coc(N(C)C2CCOCC2)n1. The summed E-state index contributed by atoms with van der Waals surface area (Å²) >= 11 is 0. The third kappa shape index (κ3) is 2.54. The molecule has 5 nitrogen and oxygen atoms in total. The van der Waals surface area contributed by atoms with E-state index in [2.05, 4.69) is 15.2 Å². The largest absolute Gasteiger partial charge is 0.432 e. The van der Waals surface area contributed by atoms with Gasteiger partial charge < -0.3 is 19.4 Å². The predicted molar refractivity (Wildman–Crippen MR) is 61.5 cm³/mol. The molecule has 2 heterocycles. The fourth-order valence-corrected chi connectivity index (χ4v) is 1.95. The topological polar surface area (TPSA) is 50.5 Å². The van der Waals surface area contributed by atoms with E-state index in [0.29, 0.717) is 12.1 Å². The molecule has 1 saturated heterocycles. The number of hydrogen-bond acceptors (Lipinski definition) is 5. The Morgan fingerprint density at radius 2 is 2.25 bits per heavy atom. The Morgan fingerprint density at radius 3 is 2.94 bits per heavy atom. The van der Waals surface area contributed by atoms with Crippen molar-refractivity contribution >= 4 is 6.01 Å². The molecular weight excluding hydrogens is 206 g/mol. The van der Waals surface area contributed by atoms with E-state index in [-0.39, 0.29) is 0 Å². The molecule has 1 aliphatic heterocycles. The van der Waals surface area contributed by atoms with Crippen LogP contribution in [0.1, 0.15) is 18.5 Å². The highest BCUT2D eigenvalue weighted by Gasteiger charge is 2.21. The molecule has 0 aliphatic carbocycles. The standard InChI is InChI=1S/C11H19N3O2/c1-12-7-9-8-16-11(13-9)14(2)10-3-5-15-6-4-10/h8,10,12H,3-7H2,1-2H3. The lowest BCUT2D eigenvalue weighted by molar-refractivity contribution is 0.0846. The first-order valence-corrected chi connectivity index (χ1v) is 5.71. The summed E-state index contributed by atoms with van der Waals surface area (Å²) in [7, 11) is 3.93. The van der Waals surface area contributed by atoms with Gasteiger partial charge in [0.15, 0.2) is 0 Å². The van der Waals surface area contributed by atoms with Crippen LogP contribution in [0.15, 0.2) is 10.7 Å². The number of rotatable bonds is 4. The summed E-state index contributed by atoms with van der Waals surface area (Å²) in [6, 6.07) is 1.19. The minimum atomic E-state index is 0.481. The smallest absolute Gasteiger partial charge is 0.297 e. The summed E-state index contributed by atoms with van der Waals surface area (Å²) < 4.78 is 10.8. The van der Waals surface area contributed by atoms with Gasteiger partial charge in [-0.15, -0.1) is 0 Å². The summed E-state index contributed by atoms with van der Waals surface area (Å²) in [5, 5.41) is 3.05. The minimum absolute atomic E-state index is 0.481. The number of nitrogens with zero attached hydrogens (tertiary/aromatic N) is 2. The zero-order chi connectivity index (χ0) is 11.4. The molecule has 1 fully saturated rings. The van der Waals surface area contributed by atoms with Gasteiger partial charge >= 0.3 is 0 Å². The van der Waals surface area contributed by atoms with Gasteiger partial charge in [-0.3, -0.25) is 0 Å². The number of aromatic nitrogens is 1. The number of ether oxygens (including phenoxy) is 1. The Labute approximate surface area is 95.8 Å². The summed E-state index contributed by atoms with van der Waals surface area (Å²) in [5.41, 5.74) is 0.941. The number of hydrogen-bond donors (Lipinski definition) is 1. The highest BCUT2D eigenvalue weighted by Crippen LogP contribution is 2.20. The first-order chi connectivity index (χ1) is 7.81.